The predicted molar refractivity (Wildman–Crippen MR) is 84.7 cm³/mol. The number of nitrogens with zero attached hydrogens (tertiary/aromatic N) is 1. The van der Waals surface area contributed by atoms with Gasteiger partial charge in [-0.15, -0.1) is 0 Å². The zero-order valence-corrected chi connectivity index (χ0v) is 12.7. The molecule has 0 saturated heterocycles. The number of nitrogens with one attached hydrogen (secondary N) is 1. The lowest BCUT2D eigenvalue weighted by atomic mass is 10.2. The van der Waals surface area contributed by atoms with E-state index in [1.54, 1.807) is 0 Å². The molecule has 4 nitrogen and oxygen atoms in total. The van der Waals surface area contributed by atoms with E-state index in [1.807, 2.05) is 29.2 Å². The first kappa shape index (κ1) is 16.5. The van der Waals surface area contributed by atoms with Crippen LogP contribution < -0.4 is 11.1 Å². The molecule has 0 saturated carbocycles. The van der Waals surface area contributed by atoms with Crippen LogP contribution in [0.2, 0.25) is 0 Å². The van der Waals surface area contributed by atoms with Crippen molar-refractivity contribution in [1.29, 1.82) is 0 Å². The minimum atomic E-state index is -0.0129. The maximum absolute atomic E-state index is 12.3. The molecule has 0 unspecified atom stereocenters. The summed E-state index contributed by atoms with van der Waals surface area (Å²) in [5.74, 6) is 0. The summed E-state index contributed by atoms with van der Waals surface area (Å²) in [6.45, 7) is 6.40. The Hall–Kier alpha value is -1.55. The summed E-state index contributed by atoms with van der Waals surface area (Å²) in [5.41, 5.74) is 7.46. The van der Waals surface area contributed by atoms with Gasteiger partial charge in [0.05, 0.1) is 0 Å². The number of urea groups is 1. The van der Waals surface area contributed by atoms with Crippen molar-refractivity contribution in [1.82, 2.24) is 4.90 Å². The third kappa shape index (κ3) is 5.61. The summed E-state index contributed by atoms with van der Waals surface area (Å²) >= 11 is 0. The average molecular weight is 277 g/mol. The fourth-order valence-corrected chi connectivity index (χ4v) is 1.99. The van der Waals surface area contributed by atoms with Crippen molar-refractivity contribution >= 4 is 11.7 Å². The van der Waals surface area contributed by atoms with Crippen LogP contribution in [0.3, 0.4) is 0 Å². The molecular formula is C16H27N3O. The number of unbranched alkanes of at least 4 members (excludes halogenated alkanes) is 2. The molecule has 0 radical (unpaired) electrons. The summed E-state index contributed by atoms with van der Waals surface area (Å²) in [6, 6.07) is 7.69. The van der Waals surface area contributed by atoms with E-state index >= 15 is 0 Å². The Balaban J connectivity index is 2.63. The maximum atomic E-state index is 12.3. The highest BCUT2D eigenvalue weighted by Crippen LogP contribution is 2.11. The van der Waals surface area contributed by atoms with Crippen LogP contribution >= 0.6 is 0 Å². The number of hydrogen-bond donors (Lipinski definition) is 2. The molecule has 0 aromatic heterocycles. The molecule has 2 amide bonds. The second-order valence-electron chi connectivity index (χ2n) is 5.03. The number of hydrogen-bond acceptors (Lipinski definition) is 2. The monoisotopic (exact) mass is 277 g/mol. The zero-order valence-electron chi connectivity index (χ0n) is 12.7. The van der Waals surface area contributed by atoms with Gasteiger partial charge >= 0.3 is 6.03 Å². The molecule has 112 valence electrons. The van der Waals surface area contributed by atoms with Gasteiger partial charge in [0.1, 0.15) is 0 Å². The van der Waals surface area contributed by atoms with Gasteiger partial charge in [-0.1, -0.05) is 38.8 Å². The minimum absolute atomic E-state index is 0.0129. The quantitative estimate of drug-likeness (QED) is 0.763. The lowest BCUT2D eigenvalue weighted by Crippen LogP contribution is -2.36. The van der Waals surface area contributed by atoms with Crippen LogP contribution in [0.25, 0.3) is 0 Å². The molecule has 20 heavy (non-hydrogen) atoms. The van der Waals surface area contributed by atoms with Crippen LogP contribution in [0.5, 0.6) is 0 Å². The van der Waals surface area contributed by atoms with Crippen molar-refractivity contribution in [3.05, 3.63) is 29.8 Å². The van der Waals surface area contributed by atoms with Crippen LogP contribution in [0.15, 0.2) is 24.3 Å². The van der Waals surface area contributed by atoms with Gasteiger partial charge in [-0.05, 0) is 30.5 Å². The van der Waals surface area contributed by atoms with Crippen molar-refractivity contribution in [2.24, 2.45) is 5.73 Å². The third-order valence-electron chi connectivity index (χ3n) is 3.26. The van der Waals surface area contributed by atoms with Gasteiger partial charge in [-0.2, -0.15) is 0 Å². The van der Waals surface area contributed by atoms with Crippen LogP contribution in [0, 0.1) is 0 Å². The SMILES string of the molecule is CCCCN(CCCC)C(=O)Nc1cccc(CN)c1. The molecular weight excluding hydrogens is 250 g/mol. The number of nitrogens with two attached hydrogens (primary N) is 1. The van der Waals surface area contributed by atoms with Gasteiger partial charge in [0.15, 0.2) is 0 Å². The molecule has 0 spiro atoms. The van der Waals surface area contributed by atoms with E-state index in [-0.39, 0.29) is 6.03 Å². The van der Waals surface area contributed by atoms with Gasteiger partial charge < -0.3 is 16.0 Å². The number of anilines is 1. The number of carbonyl (C=O) groups excluding carboxylic acids is 1. The Kier molecular flexibility index (Phi) is 7.73. The van der Waals surface area contributed by atoms with Crippen molar-refractivity contribution in [2.75, 3.05) is 18.4 Å². The number of benzene rings is 1. The summed E-state index contributed by atoms with van der Waals surface area (Å²) in [4.78, 5) is 14.2. The fourth-order valence-electron chi connectivity index (χ4n) is 1.99. The fraction of sp³-hybridized carbons (Fsp3) is 0.562. The van der Waals surface area contributed by atoms with Gasteiger partial charge in [0.2, 0.25) is 0 Å². The van der Waals surface area contributed by atoms with E-state index in [0.29, 0.717) is 6.54 Å². The lowest BCUT2D eigenvalue weighted by molar-refractivity contribution is 0.210. The van der Waals surface area contributed by atoms with Gasteiger partial charge in [0.25, 0.3) is 0 Å². The second kappa shape index (κ2) is 9.37. The first-order valence-electron chi connectivity index (χ1n) is 7.56. The molecule has 0 bridgehead atoms. The topological polar surface area (TPSA) is 58.4 Å². The van der Waals surface area contributed by atoms with Crippen molar-refractivity contribution in [3.63, 3.8) is 0 Å². The molecule has 0 heterocycles. The lowest BCUT2D eigenvalue weighted by Gasteiger charge is -2.23. The average Bonchev–Trinajstić information content (AvgIpc) is 2.47. The van der Waals surface area contributed by atoms with Crippen LogP contribution in [0.4, 0.5) is 10.5 Å². The summed E-state index contributed by atoms with van der Waals surface area (Å²) in [5, 5.41) is 2.97. The first-order chi connectivity index (χ1) is 9.71. The number of amides is 2. The molecule has 0 aliphatic heterocycles. The van der Waals surface area contributed by atoms with E-state index in [1.165, 1.54) is 0 Å². The first-order valence-corrected chi connectivity index (χ1v) is 7.56. The summed E-state index contributed by atoms with van der Waals surface area (Å²) in [6.07, 6.45) is 4.27. The number of carbonyl (C=O) groups is 1. The highest BCUT2D eigenvalue weighted by atomic mass is 16.2. The Morgan fingerprint density at radius 2 is 1.85 bits per heavy atom. The summed E-state index contributed by atoms with van der Waals surface area (Å²) < 4.78 is 0. The smallest absolute Gasteiger partial charge is 0.321 e. The third-order valence-corrected chi connectivity index (χ3v) is 3.26. The second-order valence-corrected chi connectivity index (χ2v) is 5.03. The summed E-state index contributed by atoms with van der Waals surface area (Å²) in [7, 11) is 0. The Bertz CT molecular complexity index is 398. The Morgan fingerprint density at radius 1 is 1.20 bits per heavy atom. The molecule has 1 aromatic carbocycles. The maximum Gasteiger partial charge on any atom is 0.321 e. The zero-order chi connectivity index (χ0) is 14.8. The molecule has 3 N–H and O–H groups in total. The van der Waals surface area contributed by atoms with E-state index in [4.69, 9.17) is 5.73 Å². The Morgan fingerprint density at radius 3 is 2.40 bits per heavy atom. The highest BCUT2D eigenvalue weighted by molar-refractivity contribution is 5.89. The van der Waals surface area contributed by atoms with Crippen LogP contribution in [-0.4, -0.2) is 24.0 Å². The van der Waals surface area contributed by atoms with Crippen molar-refractivity contribution in [3.8, 4) is 0 Å². The normalized spacial score (nSPS) is 10.3. The largest absolute Gasteiger partial charge is 0.326 e. The number of rotatable bonds is 8. The van der Waals surface area contributed by atoms with E-state index in [9.17, 15) is 4.79 Å². The predicted octanol–water partition coefficient (Wildman–Crippen LogP) is 3.58. The van der Waals surface area contributed by atoms with Gasteiger partial charge in [-0.25, -0.2) is 4.79 Å². The molecule has 1 rings (SSSR count). The van der Waals surface area contributed by atoms with Gasteiger partial charge in [0, 0.05) is 25.3 Å². The molecule has 0 aliphatic carbocycles. The molecule has 4 heteroatoms. The van der Waals surface area contributed by atoms with E-state index in [2.05, 4.69) is 19.2 Å². The van der Waals surface area contributed by atoms with Crippen LogP contribution in [-0.2, 0) is 6.54 Å². The standard InChI is InChI=1S/C16H27N3O/c1-3-5-10-19(11-6-4-2)16(20)18-15-9-7-8-14(12-15)13-17/h7-9,12H,3-6,10-11,13,17H2,1-2H3,(H,18,20). The molecule has 0 aliphatic rings. The van der Waals surface area contributed by atoms with Gasteiger partial charge in [-0.3, -0.25) is 0 Å². The van der Waals surface area contributed by atoms with E-state index < -0.39 is 0 Å². The van der Waals surface area contributed by atoms with Crippen LogP contribution in [0.1, 0.15) is 45.1 Å². The highest BCUT2D eigenvalue weighted by Gasteiger charge is 2.12. The molecule has 0 fully saturated rings. The van der Waals surface area contributed by atoms with Crippen molar-refractivity contribution in [2.45, 2.75) is 46.1 Å². The molecule has 1 aromatic rings. The minimum Gasteiger partial charge on any atom is -0.326 e. The Labute approximate surface area is 122 Å². The van der Waals surface area contributed by atoms with Crippen molar-refractivity contribution < 1.29 is 4.79 Å². The van der Waals surface area contributed by atoms with E-state index in [0.717, 1.165) is 50.0 Å². The molecule has 0 atom stereocenters.